The normalized spacial score (nSPS) is 19.8. The molecular weight excluding hydrogens is 314 g/mol. The molecule has 0 bridgehead atoms. The number of anilines is 1. The Balaban J connectivity index is 1.82. The van der Waals surface area contributed by atoms with Gasteiger partial charge in [-0.1, -0.05) is 29.8 Å². The van der Waals surface area contributed by atoms with Crippen LogP contribution in [0.4, 0.5) is 5.95 Å². The number of aryl methyl sites for hydroxylation is 2. The van der Waals surface area contributed by atoms with E-state index >= 15 is 0 Å². The molecule has 0 radical (unpaired) electrons. The third-order valence-corrected chi connectivity index (χ3v) is 4.82. The molecule has 1 fully saturated rings. The molecule has 2 aliphatic rings. The maximum Gasteiger partial charge on any atom is 0.257 e. The fraction of sp³-hybridized carbons (Fsp3) is 0.421. The van der Waals surface area contributed by atoms with E-state index in [9.17, 15) is 4.79 Å². The first-order chi connectivity index (χ1) is 12.1. The van der Waals surface area contributed by atoms with E-state index in [0.29, 0.717) is 11.6 Å². The number of hydrogen-bond acceptors (Lipinski definition) is 5. The van der Waals surface area contributed by atoms with Crippen LogP contribution in [0.1, 0.15) is 42.2 Å². The van der Waals surface area contributed by atoms with Gasteiger partial charge in [-0.25, -0.2) is 9.98 Å². The van der Waals surface area contributed by atoms with E-state index in [-0.39, 0.29) is 11.7 Å². The summed E-state index contributed by atoms with van der Waals surface area (Å²) in [5.41, 5.74) is 2.82. The van der Waals surface area contributed by atoms with Gasteiger partial charge in [0.25, 0.3) is 5.56 Å². The summed E-state index contributed by atoms with van der Waals surface area (Å²) in [5, 5.41) is 3.29. The Labute approximate surface area is 147 Å². The number of piperidine rings is 1. The van der Waals surface area contributed by atoms with Gasteiger partial charge in [-0.3, -0.25) is 14.7 Å². The summed E-state index contributed by atoms with van der Waals surface area (Å²) in [4.78, 5) is 24.3. The van der Waals surface area contributed by atoms with Crippen LogP contribution in [0.5, 0.6) is 0 Å². The van der Waals surface area contributed by atoms with Gasteiger partial charge in [0.1, 0.15) is 0 Å². The molecule has 6 heteroatoms. The number of aromatic nitrogens is 2. The molecule has 1 atom stereocenters. The van der Waals surface area contributed by atoms with Gasteiger partial charge in [0.05, 0.1) is 0 Å². The summed E-state index contributed by atoms with van der Waals surface area (Å²) < 4.78 is 1.64. The summed E-state index contributed by atoms with van der Waals surface area (Å²) in [6.45, 7) is 5.88. The lowest BCUT2D eigenvalue weighted by molar-refractivity contribution is 0.335. The van der Waals surface area contributed by atoms with Crippen molar-refractivity contribution >= 4 is 11.9 Å². The van der Waals surface area contributed by atoms with Crippen LogP contribution in [-0.2, 0) is 0 Å². The Morgan fingerprint density at radius 3 is 2.52 bits per heavy atom. The monoisotopic (exact) mass is 337 g/mol. The number of likely N-dealkylation sites (tertiary alicyclic amines) is 1. The second-order valence-corrected chi connectivity index (χ2v) is 6.84. The SMILES string of the molecule is Cc1ccc([C@@H]2N=C(N3CCCCC3)Nc3nc(C)cc(=O)n32)cc1. The summed E-state index contributed by atoms with van der Waals surface area (Å²) in [7, 11) is 0. The first-order valence-corrected chi connectivity index (χ1v) is 8.88. The van der Waals surface area contributed by atoms with Crippen LogP contribution >= 0.6 is 0 Å². The van der Waals surface area contributed by atoms with Crippen molar-refractivity contribution in [3.05, 3.63) is 57.5 Å². The molecule has 1 saturated heterocycles. The molecule has 1 N–H and O–H groups in total. The minimum Gasteiger partial charge on any atom is -0.343 e. The Morgan fingerprint density at radius 2 is 1.80 bits per heavy atom. The van der Waals surface area contributed by atoms with Crippen LogP contribution in [0.15, 0.2) is 40.1 Å². The van der Waals surface area contributed by atoms with Gasteiger partial charge in [-0.2, -0.15) is 0 Å². The predicted molar refractivity (Wildman–Crippen MR) is 99.0 cm³/mol. The molecule has 0 spiro atoms. The molecule has 0 amide bonds. The molecule has 1 aromatic carbocycles. The largest absolute Gasteiger partial charge is 0.343 e. The van der Waals surface area contributed by atoms with Crippen LogP contribution in [0, 0.1) is 13.8 Å². The third-order valence-electron chi connectivity index (χ3n) is 4.82. The van der Waals surface area contributed by atoms with Crippen LogP contribution in [0.25, 0.3) is 0 Å². The number of guanidine groups is 1. The molecule has 25 heavy (non-hydrogen) atoms. The average molecular weight is 337 g/mol. The number of fused-ring (bicyclic) bond motifs is 1. The summed E-state index contributed by atoms with van der Waals surface area (Å²) in [5.74, 6) is 1.40. The highest BCUT2D eigenvalue weighted by Gasteiger charge is 2.27. The fourth-order valence-corrected chi connectivity index (χ4v) is 3.46. The number of aliphatic imine (C=N–C) groups is 1. The van der Waals surface area contributed by atoms with Gasteiger partial charge in [0.2, 0.25) is 11.9 Å². The van der Waals surface area contributed by atoms with Crippen molar-refractivity contribution in [1.82, 2.24) is 14.5 Å². The number of nitrogens with one attached hydrogen (secondary N) is 1. The average Bonchev–Trinajstić information content (AvgIpc) is 2.62. The highest BCUT2D eigenvalue weighted by Crippen LogP contribution is 2.27. The van der Waals surface area contributed by atoms with E-state index < -0.39 is 0 Å². The molecular formula is C19H23N5O. The highest BCUT2D eigenvalue weighted by molar-refractivity contribution is 5.93. The van der Waals surface area contributed by atoms with Crippen LogP contribution < -0.4 is 10.9 Å². The standard InChI is InChI=1S/C19H23N5O/c1-13-6-8-15(9-7-13)17-21-18(23-10-4-3-5-11-23)22-19-20-14(2)12-16(25)24(17)19/h6-9,12,17H,3-5,10-11H2,1-2H3,(H,20,21,22)/t17-/m1/s1. The zero-order chi connectivity index (χ0) is 17.4. The van der Waals surface area contributed by atoms with Gasteiger partial charge >= 0.3 is 0 Å². The van der Waals surface area contributed by atoms with Crippen molar-refractivity contribution in [3.63, 3.8) is 0 Å². The van der Waals surface area contributed by atoms with Gasteiger partial charge in [0, 0.05) is 24.8 Å². The Bertz CT molecular complexity index is 862. The Kier molecular flexibility index (Phi) is 4.03. The number of nitrogens with zero attached hydrogens (tertiary/aromatic N) is 4. The topological polar surface area (TPSA) is 62.5 Å². The van der Waals surface area contributed by atoms with Crippen molar-refractivity contribution in [1.29, 1.82) is 0 Å². The van der Waals surface area contributed by atoms with Crippen molar-refractivity contribution in [3.8, 4) is 0 Å². The fourth-order valence-electron chi connectivity index (χ4n) is 3.46. The maximum atomic E-state index is 12.6. The van der Waals surface area contributed by atoms with Crippen LogP contribution in [0.2, 0.25) is 0 Å². The third kappa shape index (κ3) is 3.04. The van der Waals surface area contributed by atoms with Crippen molar-refractivity contribution in [2.75, 3.05) is 18.4 Å². The second-order valence-electron chi connectivity index (χ2n) is 6.84. The molecule has 1 aromatic heterocycles. The minimum atomic E-state index is -0.380. The smallest absolute Gasteiger partial charge is 0.257 e. The van der Waals surface area contributed by atoms with E-state index in [1.807, 2.05) is 19.1 Å². The molecule has 0 unspecified atom stereocenters. The van der Waals surface area contributed by atoms with Crippen LogP contribution in [0.3, 0.4) is 0 Å². The predicted octanol–water partition coefficient (Wildman–Crippen LogP) is 2.67. The molecule has 4 rings (SSSR count). The number of rotatable bonds is 1. The summed E-state index contributed by atoms with van der Waals surface area (Å²) >= 11 is 0. The molecule has 130 valence electrons. The van der Waals surface area contributed by atoms with Gasteiger partial charge in [-0.05, 0) is 38.7 Å². The molecule has 3 heterocycles. The highest BCUT2D eigenvalue weighted by atomic mass is 16.1. The Morgan fingerprint density at radius 1 is 1.08 bits per heavy atom. The summed E-state index contributed by atoms with van der Waals surface area (Å²) in [6.07, 6.45) is 3.22. The van der Waals surface area contributed by atoms with Gasteiger partial charge in [-0.15, -0.1) is 0 Å². The number of hydrogen-bond donors (Lipinski definition) is 1. The molecule has 0 aliphatic carbocycles. The maximum absolute atomic E-state index is 12.6. The van der Waals surface area contributed by atoms with Crippen LogP contribution in [-0.4, -0.2) is 33.5 Å². The van der Waals surface area contributed by atoms with E-state index in [1.54, 1.807) is 10.6 Å². The lowest BCUT2D eigenvalue weighted by Gasteiger charge is -2.34. The minimum absolute atomic E-state index is 0.0815. The summed E-state index contributed by atoms with van der Waals surface area (Å²) in [6, 6.07) is 9.75. The van der Waals surface area contributed by atoms with E-state index in [1.165, 1.54) is 24.8 Å². The zero-order valence-electron chi connectivity index (χ0n) is 14.7. The Hall–Kier alpha value is -2.63. The number of benzene rings is 1. The van der Waals surface area contributed by atoms with Gasteiger partial charge in [0.15, 0.2) is 6.17 Å². The zero-order valence-corrected chi connectivity index (χ0v) is 14.7. The van der Waals surface area contributed by atoms with Crippen molar-refractivity contribution in [2.24, 2.45) is 4.99 Å². The van der Waals surface area contributed by atoms with E-state index in [4.69, 9.17) is 4.99 Å². The lowest BCUT2D eigenvalue weighted by Crippen LogP contribution is -2.45. The van der Waals surface area contributed by atoms with E-state index in [0.717, 1.165) is 24.6 Å². The molecule has 2 aromatic rings. The van der Waals surface area contributed by atoms with Crippen molar-refractivity contribution < 1.29 is 0 Å². The lowest BCUT2D eigenvalue weighted by atomic mass is 10.1. The molecule has 6 nitrogen and oxygen atoms in total. The molecule has 2 aliphatic heterocycles. The first kappa shape index (κ1) is 15.9. The second kappa shape index (κ2) is 6.35. The van der Waals surface area contributed by atoms with Gasteiger partial charge < -0.3 is 4.90 Å². The van der Waals surface area contributed by atoms with E-state index in [2.05, 4.69) is 34.3 Å². The first-order valence-electron chi connectivity index (χ1n) is 8.88. The quantitative estimate of drug-likeness (QED) is 0.869. The van der Waals surface area contributed by atoms with Crippen molar-refractivity contribution in [2.45, 2.75) is 39.3 Å². The molecule has 0 saturated carbocycles.